The van der Waals surface area contributed by atoms with Crippen LogP contribution in [-0.4, -0.2) is 33.2 Å². The molecule has 1 amide bonds. The van der Waals surface area contributed by atoms with Crippen molar-refractivity contribution in [3.8, 4) is 0 Å². The van der Waals surface area contributed by atoms with Crippen molar-refractivity contribution in [2.24, 2.45) is 0 Å². The van der Waals surface area contributed by atoms with E-state index in [2.05, 4.69) is 33.0 Å². The van der Waals surface area contributed by atoms with Crippen LogP contribution in [0.25, 0.3) is 0 Å². The Morgan fingerprint density at radius 2 is 2.36 bits per heavy atom. The molecule has 1 unspecified atom stereocenters. The number of nitrogens with zero attached hydrogens (tertiary/aromatic N) is 3. The molecule has 5 heteroatoms. The van der Waals surface area contributed by atoms with Crippen molar-refractivity contribution in [3.05, 3.63) is 40.3 Å². The minimum atomic E-state index is 0.291. The van der Waals surface area contributed by atoms with E-state index in [9.17, 15) is 4.79 Å². The van der Waals surface area contributed by atoms with Gasteiger partial charge in [-0.05, 0) is 60.6 Å². The van der Waals surface area contributed by atoms with Gasteiger partial charge in [0.25, 0.3) is 0 Å². The molecule has 118 valence electrons. The first-order valence-electron chi connectivity index (χ1n) is 8.02. The second-order valence-corrected chi connectivity index (χ2v) is 6.89. The number of aromatic nitrogens is 2. The third-order valence-corrected chi connectivity index (χ3v) is 5.05. The van der Waals surface area contributed by atoms with Crippen LogP contribution >= 0.6 is 11.3 Å². The Morgan fingerprint density at radius 3 is 3.09 bits per heavy atom. The van der Waals surface area contributed by atoms with Crippen LogP contribution in [0.5, 0.6) is 0 Å². The van der Waals surface area contributed by atoms with Gasteiger partial charge in [0.1, 0.15) is 0 Å². The Labute approximate surface area is 135 Å². The van der Waals surface area contributed by atoms with E-state index in [1.807, 2.05) is 17.8 Å². The Kier molecular flexibility index (Phi) is 4.93. The summed E-state index contributed by atoms with van der Waals surface area (Å²) in [6.07, 6.45) is 8.83. The maximum absolute atomic E-state index is 12.6. The van der Waals surface area contributed by atoms with Crippen molar-refractivity contribution in [3.63, 3.8) is 0 Å². The van der Waals surface area contributed by atoms with Crippen LogP contribution in [0, 0.1) is 6.92 Å². The molecule has 3 heterocycles. The maximum atomic E-state index is 12.6. The van der Waals surface area contributed by atoms with E-state index in [1.54, 1.807) is 11.3 Å². The summed E-state index contributed by atoms with van der Waals surface area (Å²) in [7, 11) is 0. The van der Waals surface area contributed by atoms with Crippen molar-refractivity contribution in [1.82, 2.24) is 14.7 Å². The van der Waals surface area contributed by atoms with Crippen LogP contribution in [0.2, 0.25) is 0 Å². The minimum Gasteiger partial charge on any atom is -0.338 e. The van der Waals surface area contributed by atoms with Gasteiger partial charge in [-0.25, -0.2) is 0 Å². The molecule has 1 aliphatic rings. The van der Waals surface area contributed by atoms with Crippen molar-refractivity contribution in [2.45, 2.75) is 51.6 Å². The molecule has 22 heavy (non-hydrogen) atoms. The van der Waals surface area contributed by atoms with Gasteiger partial charge in [0.15, 0.2) is 0 Å². The molecule has 0 saturated carbocycles. The molecule has 0 N–H and O–H groups in total. The third kappa shape index (κ3) is 3.77. The van der Waals surface area contributed by atoms with E-state index in [-0.39, 0.29) is 0 Å². The SMILES string of the molecule is Cc1cnn(CC2CCCCN2C(=O)CCc2ccsc2)c1. The summed E-state index contributed by atoms with van der Waals surface area (Å²) in [5.41, 5.74) is 2.45. The molecular formula is C17H23N3OS. The van der Waals surface area contributed by atoms with Crippen molar-refractivity contribution < 1.29 is 4.79 Å². The molecular weight excluding hydrogens is 294 g/mol. The highest BCUT2D eigenvalue weighted by Gasteiger charge is 2.26. The molecule has 1 saturated heterocycles. The number of amides is 1. The Balaban J connectivity index is 1.60. The predicted octanol–water partition coefficient (Wildman–Crippen LogP) is 3.27. The van der Waals surface area contributed by atoms with Gasteiger partial charge in [-0.2, -0.15) is 16.4 Å². The van der Waals surface area contributed by atoms with Gasteiger partial charge in [-0.3, -0.25) is 9.48 Å². The number of rotatable bonds is 5. The molecule has 0 aliphatic carbocycles. The average Bonchev–Trinajstić information content (AvgIpc) is 3.17. The largest absolute Gasteiger partial charge is 0.338 e. The van der Waals surface area contributed by atoms with E-state index in [0.29, 0.717) is 18.4 Å². The number of carbonyl (C=O) groups excluding carboxylic acids is 1. The van der Waals surface area contributed by atoms with Gasteiger partial charge in [0, 0.05) is 19.2 Å². The molecule has 4 nitrogen and oxygen atoms in total. The smallest absolute Gasteiger partial charge is 0.223 e. The monoisotopic (exact) mass is 317 g/mol. The molecule has 0 radical (unpaired) electrons. The Hall–Kier alpha value is -1.62. The maximum Gasteiger partial charge on any atom is 0.223 e. The minimum absolute atomic E-state index is 0.291. The number of hydrogen-bond donors (Lipinski definition) is 0. The number of piperidine rings is 1. The van der Waals surface area contributed by atoms with Gasteiger partial charge in [-0.1, -0.05) is 0 Å². The van der Waals surface area contributed by atoms with E-state index < -0.39 is 0 Å². The van der Waals surface area contributed by atoms with Crippen molar-refractivity contribution in [1.29, 1.82) is 0 Å². The van der Waals surface area contributed by atoms with Crippen LogP contribution in [0.15, 0.2) is 29.2 Å². The first-order valence-corrected chi connectivity index (χ1v) is 8.96. The molecule has 1 fully saturated rings. The molecule has 0 bridgehead atoms. The lowest BCUT2D eigenvalue weighted by Gasteiger charge is -2.36. The number of likely N-dealkylation sites (tertiary alicyclic amines) is 1. The highest BCUT2D eigenvalue weighted by atomic mass is 32.1. The molecule has 2 aromatic rings. The quantitative estimate of drug-likeness (QED) is 0.849. The molecule has 3 rings (SSSR count). The predicted molar refractivity (Wildman–Crippen MR) is 89.0 cm³/mol. The van der Waals surface area contributed by atoms with Gasteiger partial charge >= 0.3 is 0 Å². The van der Waals surface area contributed by atoms with E-state index in [0.717, 1.165) is 32.4 Å². The van der Waals surface area contributed by atoms with Crippen LogP contribution in [0.1, 0.15) is 36.8 Å². The van der Waals surface area contributed by atoms with Crippen molar-refractivity contribution >= 4 is 17.2 Å². The highest BCUT2D eigenvalue weighted by molar-refractivity contribution is 7.07. The van der Waals surface area contributed by atoms with Gasteiger partial charge in [0.2, 0.25) is 5.91 Å². The highest BCUT2D eigenvalue weighted by Crippen LogP contribution is 2.20. The zero-order chi connectivity index (χ0) is 15.4. The lowest BCUT2D eigenvalue weighted by Crippen LogP contribution is -2.46. The fraction of sp³-hybridized carbons (Fsp3) is 0.529. The summed E-state index contributed by atoms with van der Waals surface area (Å²) in [6, 6.07) is 2.40. The fourth-order valence-electron chi connectivity index (χ4n) is 3.13. The van der Waals surface area contributed by atoms with Gasteiger partial charge < -0.3 is 4.90 Å². The molecule has 0 spiro atoms. The molecule has 1 atom stereocenters. The van der Waals surface area contributed by atoms with E-state index in [4.69, 9.17) is 0 Å². The Morgan fingerprint density at radius 1 is 1.45 bits per heavy atom. The second kappa shape index (κ2) is 7.09. The summed E-state index contributed by atoms with van der Waals surface area (Å²) < 4.78 is 1.98. The summed E-state index contributed by atoms with van der Waals surface area (Å²) in [4.78, 5) is 14.7. The van der Waals surface area contributed by atoms with Crippen LogP contribution in [0.4, 0.5) is 0 Å². The zero-order valence-electron chi connectivity index (χ0n) is 13.1. The first-order chi connectivity index (χ1) is 10.7. The lowest BCUT2D eigenvalue weighted by molar-refractivity contribution is -0.135. The molecule has 0 aromatic carbocycles. The summed E-state index contributed by atoms with van der Waals surface area (Å²) in [6.45, 7) is 3.76. The normalized spacial score (nSPS) is 18.6. The summed E-state index contributed by atoms with van der Waals surface area (Å²) in [5, 5.41) is 8.58. The number of thiophene rings is 1. The topological polar surface area (TPSA) is 38.1 Å². The van der Waals surface area contributed by atoms with Crippen LogP contribution < -0.4 is 0 Å². The van der Waals surface area contributed by atoms with Crippen molar-refractivity contribution in [2.75, 3.05) is 6.54 Å². The average molecular weight is 317 g/mol. The Bertz CT molecular complexity index is 605. The second-order valence-electron chi connectivity index (χ2n) is 6.11. The van der Waals surface area contributed by atoms with Crippen LogP contribution in [-0.2, 0) is 17.8 Å². The molecule has 1 aliphatic heterocycles. The summed E-state index contributed by atoms with van der Waals surface area (Å²) in [5.74, 6) is 0.291. The third-order valence-electron chi connectivity index (χ3n) is 4.32. The summed E-state index contributed by atoms with van der Waals surface area (Å²) >= 11 is 1.69. The molecule has 2 aromatic heterocycles. The number of carbonyl (C=O) groups is 1. The van der Waals surface area contributed by atoms with E-state index >= 15 is 0 Å². The fourth-order valence-corrected chi connectivity index (χ4v) is 3.83. The standard InChI is InChI=1S/C17H23N3OS/c1-14-10-18-19(11-14)12-16-4-2-3-8-20(16)17(21)6-5-15-7-9-22-13-15/h7,9-11,13,16H,2-6,8,12H2,1H3. The van der Waals surface area contributed by atoms with Gasteiger partial charge in [0.05, 0.1) is 18.8 Å². The zero-order valence-corrected chi connectivity index (χ0v) is 13.9. The lowest BCUT2D eigenvalue weighted by atomic mass is 10.0. The van der Waals surface area contributed by atoms with Crippen LogP contribution in [0.3, 0.4) is 0 Å². The number of aryl methyl sites for hydroxylation is 2. The number of hydrogen-bond acceptors (Lipinski definition) is 3. The van der Waals surface area contributed by atoms with E-state index in [1.165, 1.54) is 17.5 Å². The van der Waals surface area contributed by atoms with Gasteiger partial charge in [-0.15, -0.1) is 0 Å². The first kappa shape index (κ1) is 15.3.